The van der Waals surface area contributed by atoms with Crippen LogP contribution in [0.1, 0.15) is 5.69 Å². The molecule has 0 aliphatic rings. The fourth-order valence-corrected chi connectivity index (χ4v) is 2.35. The third-order valence-electron chi connectivity index (χ3n) is 2.99. The predicted octanol–water partition coefficient (Wildman–Crippen LogP) is 2.93. The summed E-state index contributed by atoms with van der Waals surface area (Å²) in [4.78, 5) is 4.51. The highest BCUT2D eigenvalue weighted by molar-refractivity contribution is 9.10. The van der Waals surface area contributed by atoms with Crippen molar-refractivity contribution in [2.75, 3.05) is 14.2 Å². The molecule has 0 radical (unpaired) electrons. The van der Waals surface area contributed by atoms with Gasteiger partial charge in [-0.3, -0.25) is 0 Å². The Hall–Kier alpha value is -2.00. The summed E-state index contributed by atoms with van der Waals surface area (Å²) in [5.41, 5.74) is 1.52. The van der Waals surface area contributed by atoms with Crippen molar-refractivity contribution in [2.24, 2.45) is 7.05 Å². The number of rotatable bonds is 4. The van der Waals surface area contributed by atoms with Crippen LogP contribution in [-0.4, -0.2) is 23.8 Å². The molecule has 0 aliphatic carbocycles. The maximum absolute atomic E-state index is 8.83. The van der Waals surface area contributed by atoms with Crippen molar-refractivity contribution in [1.82, 2.24) is 9.55 Å². The van der Waals surface area contributed by atoms with Crippen LogP contribution in [0.15, 0.2) is 22.8 Å². The quantitative estimate of drug-likeness (QED) is 0.861. The highest BCUT2D eigenvalue weighted by atomic mass is 79.9. The zero-order valence-corrected chi connectivity index (χ0v) is 13.1. The molecule has 0 amide bonds. The Morgan fingerprint density at radius 1 is 1.35 bits per heavy atom. The second-order valence-electron chi connectivity index (χ2n) is 4.13. The van der Waals surface area contributed by atoms with Crippen LogP contribution in [0.25, 0.3) is 11.4 Å². The number of nitrogens with zero attached hydrogens (tertiary/aromatic N) is 3. The Balaban J connectivity index is 2.61. The van der Waals surface area contributed by atoms with E-state index in [2.05, 4.69) is 27.0 Å². The number of methoxy groups -OCH3 is 2. The molecule has 104 valence electrons. The summed E-state index contributed by atoms with van der Waals surface area (Å²) >= 11 is 3.46. The highest BCUT2D eigenvalue weighted by Crippen LogP contribution is 2.34. The summed E-state index contributed by atoms with van der Waals surface area (Å²) in [6.07, 6.45) is 0.251. The van der Waals surface area contributed by atoms with E-state index < -0.39 is 0 Å². The summed E-state index contributed by atoms with van der Waals surface area (Å²) in [7, 11) is 5.10. The minimum absolute atomic E-state index is 0.251. The van der Waals surface area contributed by atoms with Crippen molar-refractivity contribution in [2.45, 2.75) is 6.42 Å². The first-order valence-electron chi connectivity index (χ1n) is 5.92. The lowest BCUT2D eigenvalue weighted by Gasteiger charge is -2.10. The van der Waals surface area contributed by atoms with Gasteiger partial charge in [0.1, 0.15) is 21.9 Å². The molecule has 0 saturated carbocycles. The molecule has 1 aromatic carbocycles. The molecule has 2 rings (SSSR count). The molecule has 0 fully saturated rings. The van der Waals surface area contributed by atoms with Crippen LogP contribution >= 0.6 is 15.9 Å². The van der Waals surface area contributed by atoms with E-state index in [-0.39, 0.29) is 6.42 Å². The third-order valence-corrected chi connectivity index (χ3v) is 3.97. The molecule has 6 heteroatoms. The third kappa shape index (κ3) is 2.49. The molecule has 0 aliphatic heterocycles. The van der Waals surface area contributed by atoms with Gasteiger partial charge in [-0.1, -0.05) is 0 Å². The van der Waals surface area contributed by atoms with E-state index in [0.29, 0.717) is 11.4 Å². The number of aromatic nitrogens is 2. The lowest BCUT2D eigenvalue weighted by molar-refractivity contribution is 0.404. The molecular formula is C14H14BrN3O2. The number of hydrogen-bond donors (Lipinski definition) is 0. The van der Waals surface area contributed by atoms with Gasteiger partial charge < -0.3 is 14.0 Å². The maximum atomic E-state index is 8.83. The Labute approximate surface area is 125 Å². The van der Waals surface area contributed by atoms with E-state index in [1.165, 1.54) is 0 Å². The summed E-state index contributed by atoms with van der Waals surface area (Å²) < 4.78 is 13.3. The lowest BCUT2D eigenvalue weighted by atomic mass is 10.1. The summed E-state index contributed by atoms with van der Waals surface area (Å²) in [5.74, 6) is 2.15. The molecule has 0 atom stereocenters. The zero-order chi connectivity index (χ0) is 14.7. The molecule has 0 saturated heterocycles. The molecule has 1 aromatic heterocycles. The van der Waals surface area contributed by atoms with Crippen LogP contribution in [0, 0.1) is 11.3 Å². The minimum atomic E-state index is 0.251. The van der Waals surface area contributed by atoms with Crippen LogP contribution in [-0.2, 0) is 13.5 Å². The average molecular weight is 336 g/mol. The number of benzene rings is 1. The fourth-order valence-electron chi connectivity index (χ4n) is 1.95. The smallest absolute Gasteiger partial charge is 0.144 e. The number of nitriles is 1. The largest absolute Gasteiger partial charge is 0.497 e. The van der Waals surface area contributed by atoms with Gasteiger partial charge in [-0.25, -0.2) is 4.98 Å². The average Bonchev–Trinajstić information content (AvgIpc) is 2.75. The highest BCUT2D eigenvalue weighted by Gasteiger charge is 2.17. The second-order valence-corrected chi connectivity index (χ2v) is 4.88. The lowest BCUT2D eigenvalue weighted by Crippen LogP contribution is -1.96. The van der Waals surface area contributed by atoms with E-state index in [0.717, 1.165) is 21.7 Å². The maximum Gasteiger partial charge on any atom is 0.144 e. The van der Waals surface area contributed by atoms with Crippen molar-refractivity contribution < 1.29 is 9.47 Å². The first-order valence-corrected chi connectivity index (χ1v) is 6.72. The standard InChI is InChI=1S/C14H14BrN3O2/c1-18-13(15)11(6-7-16)17-14(18)10-8-9(19-2)4-5-12(10)20-3/h4-5,8H,6H2,1-3H3. The minimum Gasteiger partial charge on any atom is -0.497 e. The number of ether oxygens (including phenoxy) is 2. The SMILES string of the molecule is COc1ccc(OC)c(-c2nc(CC#N)c(Br)n2C)c1. The Morgan fingerprint density at radius 3 is 2.70 bits per heavy atom. The molecule has 5 nitrogen and oxygen atoms in total. The molecule has 0 bridgehead atoms. The van der Waals surface area contributed by atoms with E-state index in [9.17, 15) is 0 Å². The number of hydrogen-bond acceptors (Lipinski definition) is 4. The van der Waals surface area contributed by atoms with Gasteiger partial charge in [0.2, 0.25) is 0 Å². The van der Waals surface area contributed by atoms with Gasteiger partial charge in [0, 0.05) is 7.05 Å². The Kier molecular flexibility index (Phi) is 4.30. The summed E-state index contributed by atoms with van der Waals surface area (Å²) in [5, 5.41) is 8.83. The Morgan fingerprint density at radius 2 is 2.10 bits per heavy atom. The Bertz CT molecular complexity index is 674. The summed E-state index contributed by atoms with van der Waals surface area (Å²) in [6, 6.07) is 7.63. The molecule has 20 heavy (non-hydrogen) atoms. The van der Waals surface area contributed by atoms with Crippen LogP contribution in [0.4, 0.5) is 0 Å². The van der Waals surface area contributed by atoms with E-state index in [1.807, 2.05) is 29.8 Å². The van der Waals surface area contributed by atoms with E-state index >= 15 is 0 Å². The van der Waals surface area contributed by atoms with Crippen molar-refractivity contribution in [3.8, 4) is 29.0 Å². The van der Waals surface area contributed by atoms with Crippen molar-refractivity contribution >= 4 is 15.9 Å². The molecule has 0 spiro atoms. The van der Waals surface area contributed by atoms with E-state index in [4.69, 9.17) is 14.7 Å². The van der Waals surface area contributed by atoms with Gasteiger partial charge in [0.05, 0.1) is 38.0 Å². The van der Waals surface area contributed by atoms with Crippen molar-refractivity contribution in [3.63, 3.8) is 0 Å². The number of halogens is 1. The number of imidazole rings is 1. The van der Waals surface area contributed by atoms with Crippen LogP contribution < -0.4 is 9.47 Å². The van der Waals surface area contributed by atoms with Gasteiger partial charge >= 0.3 is 0 Å². The predicted molar refractivity (Wildman–Crippen MR) is 78.8 cm³/mol. The first-order chi connectivity index (χ1) is 9.62. The monoisotopic (exact) mass is 335 g/mol. The normalized spacial score (nSPS) is 10.2. The van der Waals surface area contributed by atoms with Gasteiger partial charge in [0.25, 0.3) is 0 Å². The van der Waals surface area contributed by atoms with Crippen LogP contribution in [0.5, 0.6) is 11.5 Å². The fraction of sp³-hybridized carbons (Fsp3) is 0.286. The molecule has 2 aromatic rings. The zero-order valence-electron chi connectivity index (χ0n) is 11.5. The topological polar surface area (TPSA) is 60.1 Å². The van der Waals surface area contributed by atoms with Crippen molar-refractivity contribution in [3.05, 3.63) is 28.5 Å². The molecule has 1 heterocycles. The molecule has 0 unspecified atom stereocenters. The molecule has 0 N–H and O–H groups in total. The van der Waals surface area contributed by atoms with Gasteiger partial charge in [-0.2, -0.15) is 5.26 Å². The van der Waals surface area contributed by atoms with Gasteiger partial charge in [0.15, 0.2) is 0 Å². The van der Waals surface area contributed by atoms with Crippen LogP contribution in [0.2, 0.25) is 0 Å². The molecular weight excluding hydrogens is 322 g/mol. The van der Waals surface area contributed by atoms with Gasteiger partial charge in [-0.05, 0) is 34.1 Å². The first kappa shape index (κ1) is 14.4. The summed E-state index contributed by atoms with van der Waals surface area (Å²) in [6.45, 7) is 0. The van der Waals surface area contributed by atoms with Gasteiger partial charge in [-0.15, -0.1) is 0 Å². The van der Waals surface area contributed by atoms with Crippen LogP contribution in [0.3, 0.4) is 0 Å². The second kappa shape index (κ2) is 5.97. The van der Waals surface area contributed by atoms with Crippen molar-refractivity contribution in [1.29, 1.82) is 5.26 Å². The van der Waals surface area contributed by atoms with E-state index in [1.54, 1.807) is 14.2 Å².